The molecule has 0 aliphatic carbocycles. The Kier molecular flexibility index (Phi) is 2.50. The van der Waals surface area contributed by atoms with Crippen LogP contribution < -0.4 is 5.73 Å². The summed E-state index contributed by atoms with van der Waals surface area (Å²) in [6, 6.07) is 4.70. The Labute approximate surface area is 75.9 Å². The van der Waals surface area contributed by atoms with E-state index in [4.69, 9.17) is 18.4 Å². The summed E-state index contributed by atoms with van der Waals surface area (Å²) in [5.74, 6) is -0.402. The van der Waals surface area contributed by atoms with Gasteiger partial charge >= 0.3 is 5.97 Å². The van der Waals surface area contributed by atoms with Crippen molar-refractivity contribution in [1.82, 2.24) is 0 Å². The molecule has 0 aliphatic rings. The lowest BCUT2D eigenvalue weighted by molar-refractivity contribution is 0.0600. The van der Waals surface area contributed by atoms with Crippen molar-refractivity contribution in [2.45, 2.75) is 4.90 Å². The van der Waals surface area contributed by atoms with Crippen molar-refractivity contribution in [3.63, 3.8) is 0 Å². The third-order valence-corrected chi connectivity index (χ3v) is 1.79. The summed E-state index contributed by atoms with van der Waals surface area (Å²) in [4.78, 5) is 11.4. The second-order valence-corrected chi connectivity index (χ2v) is 2.68. The van der Waals surface area contributed by atoms with Gasteiger partial charge in [0.25, 0.3) is 0 Å². The molecule has 0 atom stereocenters. The van der Waals surface area contributed by atoms with Crippen LogP contribution in [0.2, 0.25) is 0 Å². The fourth-order valence-electron chi connectivity index (χ4n) is 0.779. The first-order valence-corrected chi connectivity index (χ1v) is 3.71. The van der Waals surface area contributed by atoms with E-state index in [1.807, 2.05) is 0 Å². The summed E-state index contributed by atoms with van der Waals surface area (Å²) >= 11 is 4.88. The van der Waals surface area contributed by atoms with Crippen LogP contribution >= 0.6 is 0 Å². The van der Waals surface area contributed by atoms with Gasteiger partial charge in [-0.25, -0.2) is 4.79 Å². The third kappa shape index (κ3) is 1.65. The van der Waals surface area contributed by atoms with Crippen molar-refractivity contribution in [2.75, 3.05) is 12.8 Å². The number of carbonyl (C=O) groups is 1. The Balaban J connectivity index is 3.05. The first kappa shape index (κ1) is 8.80. The summed E-state index contributed by atoms with van der Waals surface area (Å²) in [6.45, 7) is 0. The molecular formula is C8H8NO2S-. The van der Waals surface area contributed by atoms with Gasteiger partial charge < -0.3 is 23.1 Å². The number of nitrogen functional groups attached to an aromatic ring is 1. The molecule has 64 valence electrons. The van der Waals surface area contributed by atoms with E-state index in [9.17, 15) is 4.79 Å². The van der Waals surface area contributed by atoms with E-state index in [0.717, 1.165) is 0 Å². The standard InChI is InChI=1S/C8H9NO2S/c1-11-8(10)5-2-3-6(9)7(12)4-5/h2-4,12H,9H2,1H3/p-1. The molecule has 0 aliphatic heterocycles. The minimum absolute atomic E-state index is 0.402. The molecule has 0 heterocycles. The van der Waals surface area contributed by atoms with E-state index < -0.39 is 5.97 Å². The number of esters is 1. The number of carbonyl (C=O) groups excluding carboxylic acids is 1. The molecule has 0 bridgehead atoms. The van der Waals surface area contributed by atoms with Gasteiger partial charge in [-0.2, -0.15) is 4.90 Å². The molecule has 2 N–H and O–H groups in total. The van der Waals surface area contributed by atoms with Crippen molar-refractivity contribution in [3.05, 3.63) is 23.8 Å². The molecule has 1 aromatic carbocycles. The van der Waals surface area contributed by atoms with Gasteiger partial charge in [0.05, 0.1) is 12.7 Å². The number of anilines is 1. The number of nitrogens with two attached hydrogens (primary N) is 1. The topological polar surface area (TPSA) is 52.3 Å². The van der Waals surface area contributed by atoms with Crippen LogP contribution in [0.3, 0.4) is 0 Å². The minimum Gasteiger partial charge on any atom is -0.778 e. The number of ether oxygens (including phenoxy) is 1. The molecule has 4 heteroatoms. The van der Waals surface area contributed by atoms with Crippen LogP contribution in [0, 0.1) is 0 Å². The van der Waals surface area contributed by atoms with E-state index in [1.54, 1.807) is 12.1 Å². The van der Waals surface area contributed by atoms with Crippen LogP contribution in [-0.4, -0.2) is 13.1 Å². The molecule has 3 nitrogen and oxygen atoms in total. The van der Waals surface area contributed by atoms with E-state index >= 15 is 0 Å². The molecule has 0 spiro atoms. The summed E-state index contributed by atoms with van der Waals surface area (Å²) in [5.41, 5.74) is 6.40. The first-order chi connectivity index (χ1) is 5.65. The zero-order chi connectivity index (χ0) is 9.14. The zero-order valence-corrected chi connectivity index (χ0v) is 7.35. The molecule has 0 unspecified atom stereocenters. The predicted molar refractivity (Wildman–Crippen MR) is 47.8 cm³/mol. The molecule has 0 aromatic heterocycles. The van der Waals surface area contributed by atoms with E-state index in [0.29, 0.717) is 16.1 Å². The maximum absolute atomic E-state index is 11.0. The minimum atomic E-state index is -0.402. The normalized spacial score (nSPS) is 9.42. The Bertz CT molecular complexity index is 312. The molecule has 0 saturated heterocycles. The van der Waals surface area contributed by atoms with Gasteiger partial charge in [-0.1, -0.05) is 6.07 Å². The number of hydrogen-bond acceptors (Lipinski definition) is 4. The monoisotopic (exact) mass is 182 g/mol. The largest absolute Gasteiger partial charge is 0.778 e. The Hall–Kier alpha value is -1.29. The SMILES string of the molecule is COC(=O)c1ccc(N)c([S-])c1. The van der Waals surface area contributed by atoms with Crippen LogP contribution in [0.1, 0.15) is 10.4 Å². The fraction of sp³-hybridized carbons (Fsp3) is 0.125. The molecule has 1 rings (SSSR count). The lowest BCUT2D eigenvalue weighted by Gasteiger charge is -2.10. The van der Waals surface area contributed by atoms with E-state index in [2.05, 4.69) is 4.74 Å². The highest BCUT2D eigenvalue weighted by Crippen LogP contribution is 2.13. The van der Waals surface area contributed by atoms with E-state index in [1.165, 1.54) is 13.2 Å². The van der Waals surface area contributed by atoms with Gasteiger partial charge in [-0.05, 0) is 12.1 Å². The van der Waals surface area contributed by atoms with E-state index in [-0.39, 0.29) is 0 Å². The smallest absolute Gasteiger partial charge is 0.337 e. The Morgan fingerprint density at radius 2 is 2.25 bits per heavy atom. The van der Waals surface area contributed by atoms with Gasteiger partial charge in [0.2, 0.25) is 0 Å². The van der Waals surface area contributed by atoms with Crippen LogP contribution in [-0.2, 0) is 17.4 Å². The number of hydrogen-bond donors (Lipinski definition) is 1. The highest BCUT2D eigenvalue weighted by Gasteiger charge is 2.03. The van der Waals surface area contributed by atoms with Crippen molar-refractivity contribution in [3.8, 4) is 0 Å². The molecule has 12 heavy (non-hydrogen) atoms. The average molecular weight is 182 g/mol. The Morgan fingerprint density at radius 3 is 2.75 bits per heavy atom. The zero-order valence-electron chi connectivity index (χ0n) is 6.53. The van der Waals surface area contributed by atoms with Crippen LogP contribution in [0.5, 0.6) is 0 Å². The summed E-state index contributed by atoms with van der Waals surface area (Å²) in [7, 11) is 1.32. The number of rotatable bonds is 1. The van der Waals surface area contributed by atoms with Crippen molar-refractivity contribution >= 4 is 24.3 Å². The molecule has 0 fully saturated rings. The summed E-state index contributed by atoms with van der Waals surface area (Å²) < 4.78 is 4.51. The van der Waals surface area contributed by atoms with Crippen molar-refractivity contribution in [1.29, 1.82) is 0 Å². The second-order valence-electron chi connectivity index (χ2n) is 2.24. The second kappa shape index (κ2) is 3.40. The fourth-order valence-corrected chi connectivity index (χ4v) is 0.974. The predicted octanol–water partition coefficient (Wildman–Crippen LogP) is 0.961. The van der Waals surface area contributed by atoms with Crippen molar-refractivity contribution in [2.24, 2.45) is 0 Å². The highest BCUT2D eigenvalue weighted by atomic mass is 32.1. The van der Waals surface area contributed by atoms with Crippen molar-refractivity contribution < 1.29 is 9.53 Å². The van der Waals surface area contributed by atoms with Crippen LogP contribution in [0.15, 0.2) is 23.1 Å². The number of benzene rings is 1. The summed E-state index contributed by atoms with van der Waals surface area (Å²) in [5, 5.41) is 0. The summed E-state index contributed by atoms with van der Waals surface area (Å²) in [6.07, 6.45) is 0. The molecule has 1 aromatic rings. The molecular weight excluding hydrogens is 174 g/mol. The highest BCUT2D eigenvalue weighted by molar-refractivity contribution is 7.59. The first-order valence-electron chi connectivity index (χ1n) is 3.30. The van der Waals surface area contributed by atoms with Gasteiger partial charge in [0.1, 0.15) is 0 Å². The molecule has 0 radical (unpaired) electrons. The van der Waals surface area contributed by atoms with Crippen LogP contribution in [0.25, 0.3) is 0 Å². The Morgan fingerprint density at radius 1 is 1.58 bits per heavy atom. The van der Waals surface area contributed by atoms with Gasteiger partial charge in [0.15, 0.2) is 0 Å². The lowest BCUT2D eigenvalue weighted by atomic mass is 10.2. The van der Waals surface area contributed by atoms with Gasteiger partial charge in [-0.3, -0.25) is 0 Å². The lowest BCUT2D eigenvalue weighted by Crippen LogP contribution is -2.02. The van der Waals surface area contributed by atoms with Gasteiger partial charge in [-0.15, -0.1) is 0 Å². The van der Waals surface area contributed by atoms with Gasteiger partial charge in [0, 0.05) is 5.69 Å². The number of methoxy groups -OCH3 is 1. The molecule has 0 amide bonds. The average Bonchev–Trinajstić information content (AvgIpc) is 2.08. The maximum Gasteiger partial charge on any atom is 0.337 e. The van der Waals surface area contributed by atoms with Crippen LogP contribution in [0.4, 0.5) is 5.69 Å². The molecule has 0 saturated carbocycles. The third-order valence-electron chi connectivity index (χ3n) is 1.43. The maximum atomic E-state index is 11.0. The quantitative estimate of drug-likeness (QED) is 0.399.